The van der Waals surface area contributed by atoms with Crippen LogP contribution in [-0.4, -0.2) is 43.9 Å². The second-order valence-electron chi connectivity index (χ2n) is 6.38. The molecule has 0 aliphatic heterocycles. The Morgan fingerprint density at radius 3 is 2.90 bits per heavy atom. The van der Waals surface area contributed by atoms with Crippen LogP contribution in [0.4, 0.5) is 0 Å². The van der Waals surface area contributed by atoms with Gasteiger partial charge in [-0.05, 0) is 60.5 Å². The van der Waals surface area contributed by atoms with Gasteiger partial charge in [0.05, 0.1) is 24.2 Å². The van der Waals surface area contributed by atoms with E-state index < -0.39 is 18.0 Å². The zero-order chi connectivity index (χ0) is 20.8. The second kappa shape index (κ2) is 9.37. The Bertz CT molecular complexity index is 986. The van der Waals surface area contributed by atoms with Crippen LogP contribution in [-0.2, 0) is 20.9 Å². The van der Waals surface area contributed by atoms with Gasteiger partial charge in [0.1, 0.15) is 5.76 Å². The fraction of sp³-hybridized carbons (Fsp3) is 0.316. The molecular weight excluding hydrogens is 394 g/mol. The maximum absolute atomic E-state index is 12.1. The number of ether oxygens (including phenoxy) is 1. The number of carbonyl (C=O) groups excluding carboxylic acids is 2. The summed E-state index contributed by atoms with van der Waals surface area (Å²) >= 11 is 1.14. The van der Waals surface area contributed by atoms with Crippen LogP contribution in [0.25, 0.3) is 5.69 Å². The summed E-state index contributed by atoms with van der Waals surface area (Å²) in [4.78, 5) is 24.2. The van der Waals surface area contributed by atoms with E-state index in [2.05, 4.69) is 20.8 Å². The lowest BCUT2D eigenvalue weighted by Gasteiger charge is -2.13. The molecule has 152 valence electrons. The molecule has 0 aliphatic rings. The predicted octanol–water partition coefficient (Wildman–Crippen LogP) is 2.21. The van der Waals surface area contributed by atoms with Gasteiger partial charge in [-0.3, -0.25) is 9.59 Å². The lowest BCUT2D eigenvalue weighted by atomic mass is 10.1. The number of nitrogens with one attached hydrogen (secondary N) is 1. The Labute approximate surface area is 171 Å². The fourth-order valence-corrected chi connectivity index (χ4v) is 3.17. The van der Waals surface area contributed by atoms with Crippen molar-refractivity contribution in [1.82, 2.24) is 25.5 Å². The number of hydrogen-bond acceptors (Lipinski definition) is 8. The highest BCUT2D eigenvalue weighted by atomic mass is 32.2. The van der Waals surface area contributed by atoms with E-state index in [1.165, 1.54) is 13.2 Å². The first-order chi connectivity index (χ1) is 13.9. The first-order valence-corrected chi connectivity index (χ1v) is 9.91. The third kappa shape index (κ3) is 5.44. The van der Waals surface area contributed by atoms with Crippen molar-refractivity contribution in [3.05, 3.63) is 53.5 Å². The van der Waals surface area contributed by atoms with Crippen LogP contribution in [0.15, 0.2) is 46.2 Å². The normalized spacial score (nSPS) is 11.8. The molecule has 3 rings (SSSR count). The molecule has 3 aromatic rings. The van der Waals surface area contributed by atoms with Crippen molar-refractivity contribution in [2.75, 3.05) is 5.75 Å². The standard InChI is InChI=1S/C19H21N5O4S/c1-12-6-7-13(2)16(9-12)24-19(21-22-23-24)29-11-17(25)28-14(3)18(26)20-10-15-5-4-8-27-15/h4-9,14H,10-11H2,1-3H3,(H,20,26)/t14-/m0/s1. The van der Waals surface area contributed by atoms with Crippen molar-refractivity contribution in [3.8, 4) is 5.69 Å². The SMILES string of the molecule is Cc1ccc(C)c(-n2nnnc2SCC(=O)O[C@@H](C)C(=O)NCc2ccco2)c1. The highest BCUT2D eigenvalue weighted by Crippen LogP contribution is 2.21. The molecule has 0 saturated carbocycles. The van der Waals surface area contributed by atoms with Crippen LogP contribution in [0.2, 0.25) is 0 Å². The number of furan rings is 1. The van der Waals surface area contributed by atoms with Crippen LogP contribution in [0.3, 0.4) is 0 Å². The van der Waals surface area contributed by atoms with Gasteiger partial charge in [-0.15, -0.1) is 5.10 Å². The number of thioether (sulfide) groups is 1. The number of aryl methyl sites for hydroxylation is 2. The lowest BCUT2D eigenvalue weighted by molar-refractivity contribution is -0.152. The summed E-state index contributed by atoms with van der Waals surface area (Å²) in [5, 5.41) is 14.8. The molecule has 1 amide bonds. The van der Waals surface area contributed by atoms with E-state index in [-0.39, 0.29) is 12.3 Å². The Morgan fingerprint density at radius 1 is 1.31 bits per heavy atom. The Morgan fingerprint density at radius 2 is 2.14 bits per heavy atom. The van der Waals surface area contributed by atoms with Crippen LogP contribution >= 0.6 is 11.8 Å². The van der Waals surface area contributed by atoms with Gasteiger partial charge in [-0.1, -0.05) is 23.9 Å². The third-order valence-electron chi connectivity index (χ3n) is 4.05. The fourth-order valence-electron chi connectivity index (χ4n) is 2.51. The van der Waals surface area contributed by atoms with Crippen LogP contribution in [0.5, 0.6) is 0 Å². The molecule has 0 saturated heterocycles. The first kappa shape index (κ1) is 20.6. The van der Waals surface area contributed by atoms with Crippen molar-refractivity contribution in [2.45, 2.75) is 38.6 Å². The predicted molar refractivity (Wildman–Crippen MR) is 105 cm³/mol. The monoisotopic (exact) mass is 415 g/mol. The molecule has 0 aliphatic carbocycles. The van der Waals surface area contributed by atoms with Gasteiger partial charge in [0, 0.05) is 0 Å². The zero-order valence-corrected chi connectivity index (χ0v) is 17.1. The van der Waals surface area contributed by atoms with Gasteiger partial charge in [0.25, 0.3) is 5.91 Å². The summed E-state index contributed by atoms with van der Waals surface area (Å²) in [5.41, 5.74) is 2.93. The van der Waals surface area contributed by atoms with Crippen LogP contribution < -0.4 is 5.32 Å². The highest BCUT2D eigenvalue weighted by Gasteiger charge is 2.19. The summed E-state index contributed by atoms with van der Waals surface area (Å²) in [6.07, 6.45) is 0.599. The molecule has 0 radical (unpaired) electrons. The largest absolute Gasteiger partial charge is 0.467 e. The molecule has 10 heteroatoms. The third-order valence-corrected chi connectivity index (χ3v) is 4.94. The molecule has 0 spiro atoms. The first-order valence-electron chi connectivity index (χ1n) is 8.92. The Balaban J connectivity index is 1.53. The van der Waals surface area contributed by atoms with Crippen LogP contribution in [0.1, 0.15) is 23.8 Å². The summed E-state index contributed by atoms with van der Waals surface area (Å²) in [6.45, 7) is 5.69. The van der Waals surface area contributed by atoms with E-state index in [1.807, 2.05) is 32.0 Å². The molecule has 2 aromatic heterocycles. The van der Waals surface area contributed by atoms with Crippen molar-refractivity contribution in [1.29, 1.82) is 0 Å². The van der Waals surface area contributed by atoms with E-state index in [0.29, 0.717) is 10.9 Å². The Hall–Kier alpha value is -3.14. The summed E-state index contributed by atoms with van der Waals surface area (Å²) in [7, 11) is 0. The highest BCUT2D eigenvalue weighted by molar-refractivity contribution is 7.99. The molecule has 0 bridgehead atoms. The topological polar surface area (TPSA) is 112 Å². The van der Waals surface area contributed by atoms with Gasteiger partial charge < -0.3 is 14.5 Å². The maximum Gasteiger partial charge on any atom is 0.317 e. The molecule has 1 atom stereocenters. The van der Waals surface area contributed by atoms with Gasteiger partial charge in [0.15, 0.2) is 6.10 Å². The average molecular weight is 415 g/mol. The van der Waals surface area contributed by atoms with Crippen molar-refractivity contribution in [3.63, 3.8) is 0 Å². The van der Waals surface area contributed by atoms with E-state index in [1.54, 1.807) is 16.8 Å². The van der Waals surface area contributed by atoms with Gasteiger partial charge in [-0.2, -0.15) is 4.68 Å². The molecule has 1 N–H and O–H groups in total. The maximum atomic E-state index is 12.1. The minimum absolute atomic E-state index is 0.0267. The number of rotatable bonds is 8. The number of aromatic nitrogens is 4. The number of tetrazole rings is 1. The summed E-state index contributed by atoms with van der Waals surface area (Å²) in [6, 6.07) is 9.44. The lowest BCUT2D eigenvalue weighted by Crippen LogP contribution is -2.35. The van der Waals surface area contributed by atoms with E-state index >= 15 is 0 Å². The number of esters is 1. The van der Waals surface area contributed by atoms with Crippen LogP contribution in [0, 0.1) is 13.8 Å². The van der Waals surface area contributed by atoms with Gasteiger partial charge >= 0.3 is 5.97 Å². The molecule has 29 heavy (non-hydrogen) atoms. The molecule has 1 aromatic carbocycles. The summed E-state index contributed by atoms with van der Waals surface area (Å²) < 4.78 is 11.9. The van der Waals surface area contributed by atoms with Crippen molar-refractivity contribution < 1.29 is 18.7 Å². The van der Waals surface area contributed by atoms with Crippen molar-refractivity contribution in [2.24, 2.45) is 0 Å². The van der Waals surface area contributed by atoms with E-state index in [4.69, 9.17) is 9.15 Å². The zero-order valence-electron chi connectivity index (χ0n) is 16.3. The van der Waals surface area contributed by atoms with E-state index in [9.17, 15) is 9.59 Å². The number of carbonyl (C=O) groups is 2. The number of nitrogens with zero attached hydrogens (tertiary/aromatic N) is 4. The van der Waals surface area contributed by atoms with Gasteiger partial charge in [-0.25, -0.2) is 0 Å². The number of benzene rings is 1. The van der Waals surface area contributed by atoms with Gasteiger partial charge in [0.2, 0.25) is 5.16 Å². The average Bonchev–Trinajstić information content (AvgIpc) is 3.38. The quantitative estimate of drug-likeness (QED) is 0.440. The summed E-state index contributed by atoms with van der Waals surface area (Å²) in [5.74, 6) is -0.349. The number of amides is 1. The molecule has 9 nitrogen and oxygen atoms in total. The van der Waals surface area contributed by atoms with Crippen molar-refractivity contribution >= 4 is 23.6 Å². The number of hydrogen-bond donors (Lipinski definition) is 1. The molecular formula is C19H21N5O4S. The smallest absolute Gasteiger partial charge is 0.317 e. The molecule has 2 heterocycles. The minimum atomic E-state index is -0.923. The molecule has 0 unspecified atom stereocenters. The Kier molecular flexibility index (Phi) is 6.65. The van der Waals surface area contributed by atoms with E-state index in [0.717, 1.165) is 28.6 Å². The minimum Gasteiger partial charge on any atom is -0.467 e. The molecule has 0 fully saturated rings. The second-order valence-corrected chi connectivity index (χ2v) is 7.32.